The van der Waals surface area contributed by atoms with Gasteiger partial charge in [0.1, 0.15) is 10.8 Å². The first-order valence-electron chi connectivity index (χ1n) is 4.42. The van der Waals surface area contributed by atoms with Crippen LogP contribution in [0.1, 0.15) is 5.69 Å². The summed E-state index contributed by atoms with van der Waals surface area (Å²) >= 11 is 6.00. The molecule has 0 amide bonds. The van der Waals surface area contributed by atoms with Crippen LogP contribution in [0.2, 0.25) is 5.15 Å². The molecular formula is C10H11ClN2O. The molecule has 0 saturated heterocycles. The topological polar surface area (TPSA) is 26.5 Å². The molecular weight excluding hydrogens is 200 g/mol. The monoisotopic (exact) mass is 210 g/mol. The van der Waals surface area contributed by atoms with E-state index in [0.717, 1.165) is 17.8 Å². The minimum Gasteiger partial charge on any atom is -0.384 e. The lowest BCUT2D eigenvalue weighted by Gasteiger charge is -1.93. The lowest BCUT2D eigenvalue weighted by molar-refractivity contribution is 0.201. The Hall–Kier alpha value is -1.06. The molecule has 0 aliphatic rings. The summed E-state index contributed by atoms with van der Waals surface area (Å²) in [6, 6.07) is 5.67. The van der Waals surface area contributed by atoms with Gasteiger partial charge in [-0.15, -0.1) is 0 Å². The van der Waals surface area contributed by atoms with Crippen LogP contribution >= 0.6 is 11.6 Å². The zero-order valence-electron chi connectivity index (χ0n) is 7.90. The van der Waals surface area contributed by atoms with Crippen molar-refractivity contribution in [3.63, 3.8) is 0 Å². The van der Waals surface area contributed by atoms with E-state index in [-0.39, 0.29) is 0 Å². The van der Waals surface area contributed by atoms with Gasteiger partial charge in [0.25, 0.3) is 0 Å². The Morgan fingerprint density at radius 2 is 2.36 bits per heavy atom. The Kier molecular flexibility index (Phi) is 2.70. The molecule has 3 nitrogen and oxygen atoms in total. The summed E-state index contributed by atoms with van der Waals surface area (Å²) in [4.78, 5) is 4.41. The van der Waals surface area contributed by atoms with E-state index in [2.05, 4.69) is 4.98 Å². The molecule has 0 spiro atoms. The third-order valence-electron chi connectivity index (χ3n) is 2.05. The van der Waals surface area contributed by atoms with Gasteiger partial charge < -0.3 is 4.74 Å². The molecule has 14 heavy (non-hydrogen) atoms. The molecule has 2 heterocycles. The van der Waals surface area contributed by atoms with Crippen LogP contribution in [0.15, 0.2) is 24.4 Å². The predicted octanol–water partition coefficient (Wildman–Crippen LogP) is 2.18. The fraction of sp³-hybridized carbons (Fsp3) is 0.300. The third kappa shape index (κ3) is 1.74. The molecule has 0 unspecified atom stereocenters. The van der Waals surface area contributed by atoms with E-state index in [4.69, 9.17) is 16.3 Å². The second kappa shape index (κ2) is 3.98. The van der Waals surface area contributed by atoms with Gasteiger partial charge in [0, 0.05) is 19.7 Å². The molecule has 74 valence electrons. The van der Waals surface area contributed by atoms with Crippen LogP contribution in [0.25, 0.3) is 5.65 Å². The zero-order chi connectivity index (χ0) is 9.97. The SMILES string of the molecule is COCCc1cn2c(Cl)cccc2n1. The molecule has 0 atom stereocenters. The van der Waals surface area contributed by atoms with Crippen molar-refractivity contribution >= 4 is 17.2 Å². The van der Waals surface area contributed by atoms with Crippen molar-refractivity contribution in [3.05, 3.63) is 35.2 Å². The summed E-state index contributed by atoms with van der Waals surface area (Å²) in [6.07, 6.45) is 2.76. The number of imidazole rings is 1. The van der Waals surface area contributed by atoms with Crippen LogP contribution in [-0.4, -0.2) is 23.1 Å². The largest absolute Gasteiger partial charge is 0.384 e. The summed E-state index contributed by atoms with van der Waals surface area (Å²) in [7, 11) is 1.68. The highest BCUT2D eigenvalue weighted by Gasteiger charge is 2.02. The maximum Gasteiger partial charge on any atom is 0.138 e. The number of methoxy groups -OCH3 is 1. The molecule has 2 rings (SSSR count). The van der Waals surface area contributed by atoms with E-state index in [1.54, 1.807) is 7.11 Å². The lowest BCUT2D eigenvalue weighted by atomic mass is 10.3. The first-order chi connectivity index (χ1) is 6.81. The Bertz CT molecular complexity index is 439. The predicted molar refractivity (Wildman–Crippen MR) is 55.8 cm³/mol. The first kappa shape index (κ1) is 9.49. The molecule has 0 bridgehead atoms. The highest BCUT2D eigenvalue weighted by molar-refractivity contribution is 6.29. The van der Waals surface area contributed by atoms with Crippen molar-refractivity contribution in [2.45, 2.75) is 6.42 Å². The molecule has 0 aromatic carbocycles. The van der Waals surface area contributed by atoms with Crippen molar-refractivity contribution in [1.82, 2.24) is 9.38 Å². The highest BCUT2D eigenvalue weighted by atomic mass is 35.5. The molecule has 0 N–H and O–H groups in total. The average Bonchev–Trinajstić information content (AvgIpc) is 2.59. The molecule has 2 aromatic rings. The van der Waals surface area contributed by atoms with Gasteiger partial charge in [0.05, 0.1) is 12.3 Å². The first-order valence-corrected chi connectivity index (χ1v) is 4.80. The van der Waals surface area contributed by atoms with Crippen molar-refractivity contribution in [3.8, 4) is 0 Å². The van der Waals surface area contributed by atoms with E-state index in [9.17, 15) is 0 Å². The van der Waals surface area contributed by atoms with E-state index < -0.39 is 0 Å². The van der Waals surface area contributed by atoms with Crippen LogP contribution in [-0.2, 0) is 11.2 Å². The van der Waals surface area contributed by atoms with E-state index in [1.165, 1.54) is 0 Å². The van der Waals surface area contributed by atoms with Gasteiger partial charge in [-0.25, -0.2) is 4.98 Å². The maximum atomic E-state index is 6.00. The summed E-state index contributed by atoms with van der Waals surface area (Å²) in [5.41, 5.74) is 1.88. The number of halogens is 1. The smallest absolute Gasteiger partial charge is 0.138 e. The van der Waals surface area contributed by atoms with E-state index in [1.807, 2.05) is 28.8 Å². The van der Waals surface area contributed by atoms with Crippen LogP contribution in [0, 0.1) is 0 Å². The van der Waals surface area contributed by atoms with Crippen molar-refractivity contribution in [1.29, 1.82) is 0 Å². The second-order valence-electron chi connectivity index (χ2n) is 3.05. The van der Waals surface area contributed by atoms with Crippen molar-refractivity contribution < 1.29 is 4.74 Å². The van der Waals surface area contributed by atoms with Gasteiger partial charge in [-0.05, 0) is 12.1 Å². The Morgan fingerprint density at radius 1 is 1.50 bits per heavy atom. The van der Waals surface area contributed by atoms with Crippen LogP contribution < -0.4 is 0 Å². The van der Waals surface area contributed by atoms with Gasteiger partial charge in [-0.2, -0.15) is 0 Å². The number of hydrogen-bond acceptors (Lipinski definition) is 2. The van der Waals surface area contributed by atoms with Gasteiger partial charge in [-0.1, -0.05) is 17.7 Å². The Balaban J connectivity index is 2.36. The molecule has 0 aliphatic carbocycles. The quantitative estimate of drug-likeness (QED) is 0.726. The summed E-state index contributed by atoms with van der Waals surface area (Å²) in [5.74, 6) is 0. The van der Waals surface area contributed by atoms with Gasteiger partial charge in [-0.3, -0.25) is 4.40 Å². The number of ether oxygens (including phenoxy) is 1. The number of aromatic nitrogens is 2. The fourth-order valence-corrected chi connectivity index (χ4v) is 1.56. The molecule has 0 saturated carbocycles. The number of pyridine rings is 1. The summed E-state index contributed by atoms with van der Waals surface area (Å²) in [5, 5.41) is 0.679. The van der Waals surface area contributed by atoms with E-state index >= 15 is 0 Å². The molecule has 4 heteroatoms. The molecule has 2 aromatic heterocycles. The number of nitrogens with zero attached hydrogens (tertiary/aromatic N) is 2. The number of fused-ring (bicyclic) bond motifs is 1. The van der Waals surface area contributed by atoms with Crippen LogP contribution in [0.4, 0.5) is 0 Å². The Labute approximate surface area is 87.3 Å². The van der Waals surface area contributed by atoms with Gasteiger partial charge in [0.15, 0.2) is 0 Å². The lowest BCUT2D eigenvalue weighted by Crippen LogP contribution is -1.93. The zero-order valence-corrected chi connectivity index (χ0v) is 8.66. The van der Waals surface area contributed by atoms with Crippen LogP contribution in [0.5, 0.6) is 0 Å². The summed E-state index contributed by atoms with van der Waals surface area (Å²) in [6.45, 7) is 0.682. The second-order valence-corrected chi connectivity index (χ2v) is 3.44. The van der Waals surface area contributed by atoms with Crippen LogP contribution in [0.3, 0.4) is 0 Å². The normalized spacial score (nSPS) is 11.0. The average molecular weight is 211 g/mol. The molecule has 0 aliphatic heterocycles. The van der Waals surface area contributed by atoms with Gasteiger partial charge in [0.2, 0.25) is 0 Å². The van der Waals surface area contributed by atoms with Crippen molar-refractivity contribution in [2.24, 2.45) is 0 Å². The third-order valence-corrected chi connectivity index (χ3v) is 2.36. The number of rotatable bonds is 3. The standard InChI is InChI=1S/C10H11ClN2O/c1-14-6-5-8-7-13-9(11)3-2-4-10(13)12-8/h2-4,7H,5-6H2,1H3. The highest BCUT2D eigenvalue weighted by Crippen LogP contribution is 2.13. The maximum absolute atomic E-state index is 6.00. The fourth-order valence-electron chi connectivity index (χ4n) is 1.35. The van der Waals surface area contributed by atoms with Gasteiger partial charge >= 0.3 is 0 Å². The molecule has 0 fully saturated rings. The summed E-state index contributed by atoms with van der Waals surface area (Å²) < 4.78 is 6.86. The van der Waals surface area contributed by atoms with E-state index in [0.29, 0.717) is 11.8 Å². The Morgan fingerprint density at radius 3 is 3.07 bits per heavy atom. The van der Waals surface area contributed by atoms with Crippen molar-refractivity contribution in [2.75, 3.05) is 13.7 Å². The molecule has 0 radical (unpaired) electrons. The minimum absolute atomic E-state index is 0.679. The number of hydrogen-bond donors (Lipinski definition) is 0. The minimum atomic E-state index is 0.679.